The molecule has 1 amide bonds. The summed E-state index contributed by atoms with van der Waals surface area (Å²) in [5.41, 5.74) is 4.46. The van der Waals surface area contributed by atoms with Gasteiger partial charge in [0, 0.05) is 12.5 Å². The van der Waals surface area contributed by atoms with Gasteiger partial charge in [-0.05, 0) is 36.8 Å². The molecule has 1 aliphatic heterocycles. The molecule has 0 spiro atoms. The van der Waals surface area contributed by atoms with Gasteiger partial charge in [-0.2, -0.15) is 0 Å². The lowest BCUT2D eigenvalue weighted by atomic mass is 10.1. The molecular formula is C24H19F2N3OS. The Morgan fingerprint density at radius 1 is 1.00 bits per heavy atom. The zero-order valence-electron chi connectivity index (χ0n) is 16.7. The highest BCUT2D eigenvalue weighted by atomic mass is 32.2. The van der Waals surface area contributed by atoms with E-state index in [2.05, 4.69) is 5.32 Å². The number of halogens is 2. The number of amides is 1. The molecule has 4 nitrogen and oxygen atoms in total. The molecule has 31 heavy (non-hydrogen) atoms. The fourth-order valence-corrected chi connectivity index (χ4v) is 3.85. The maximum atomic E-state index is 13.8. The molecule has 4 rings (SSSR count). The number of carbonyl (C=O) groups is 1. The summed E-state index contributed by atoms with van der Waals surface area (Å²) in [6, 6.07) is 18.7. The molecule has 3 aromatic carbocycles. The highest BCUT2D eigenvalue weighted by molar-refractivity contribution is 8.14. The lowest BCUT2D eigenvalue weighted by Gasteiger charge is -2.09. The molecule has 0 fully saturated rings. The lowest BCUT2D eigenvalue weighted by molar-refractivity contribution is -0.113. The maximum absolute atomic E-state index is 13.8. The second-order valence-corrected chi connectivity index (χ2v) is 8.11. The van der Waals surface area contributed by atoms with Gasteiger partial charge in [0.15, 0.2) is 0 Å². The van der Waals surface area contributed by atoms with Gasteiger partial charge in [0.1, 0.15) is 11.6 Å². The molecular weight excluding hydrogens is 416 g/mol. The summed E-state index contributed by atoms with van der Waals surface area (Å²) in [5, 5.41) is 3.21. The van der Waals surface area contributed by atoms with Gasteiger partial charge in [-0.15, -0.1) is 11.8 Å². The first-order chi connectivity index (χ1) is 15.0. The van der Waals surface area contributed by atoms with Gasteiger partial charge in [0.05, 0.1) is 33.6 Å². The predicted molar refractivity (Wildman–Crippen MR) is 123 cm³/mol. The molecule has 0 atom stereocenters. The van der Waals surface area contributed by atoms with Crippen LogP contribution in [-0.2, 0) is 4.79 Å². The molecule has 7 heteroatoms. The standard InChI is InChI=1S/C24H19F2N3OS/c1-15-6-8-16(9-7-15)22-13-24(29-21-5-3-2-4-20(21)27-22)31-14-23(30)28-19-11-10-17(25)12-18(19)26/h2-12H,13-14H2,1H3,(H,28,30). The molecule has 0 bridgehead atoms. The number of fused-ring (bicyclic) bond motifs is 1. The molecule has 0 unspecified atom stereocenters. The predicted octanol–water partition coefficient (Wildman–Crippen LogP) is 6.20. The zero-order chi connectivity index (χ0) is 21.8. The van der Waals surface area contributed by atoms with Crippen LogP contribution in [0.5, 0.6) is 0 Å². The van der Waals surface area contributed by atoms with Crippen LogP contribution in [0.25, 0.3) is 0 Å². The Morgan fingerprint density at radius 2 is 1.71 bits per heavy atom. The van der Waals surface area contributed by atoms with Crippen LogP contribution in [0.1, 0.15) is 17.5 Å². The van der Waals surface area contributed by atoms with Crippen LogP contribution in [0.15, 0.2) is 76.7 Å². The van der Waals surface area contributed by atoms with E-state index in [9.17, 15) is 13.6 Å². The minimum absolute atomic E-state index is 0.0407. The third kappa shape index (κ3) is 5.24. The molecule has 0 aromatic heterocycles. The van der Waals surface area contributed by atoms with E-state index in [-0.39, 0.29) is 11.4 Å². The average Bonchev–Trinajstić information content (AvgIpc) is 2.94. The van der Waals surface area contributed by atoms with Crippen molar-refractivity contribution in [1.82, 2.24) is 0 Å². The highest BCUT2D eigenvalue weighted by Crippen LogP contribution is 2.33. The summed E-state index contributed by atoms with van der Waals surface area (Å²) >= 11 is 1.27. The van der Waals surface area contributed by atoms with E-state index in [0.29, 0.717) is 6.42 Å². The van der Waals surface area contributed by atoms with Gasteiger partial charge in [0.2, 0.25) is 5.91 Å². The van der Waals surface area contributed by atoms with Crippen LogP contribution in [0.4, 0.5) is 25.8 Å². The number of carbonyl (C=O) groups excluding carboxylic acids is 1. The number of anilines is 1. The van der Waals surface area contributed by atoms with Crippen molar-refractivity contribution < 1.29 is 13.6 Å². The number of nitrogens with zero attached hydrogens (tertiary/aromatic N) is 2. The average molecular weight is 435 g/mol. The van der Waals surface area contributed by atoms with E-state index in [1.807, 2.05) is 55.5 Å². The quantitative estimate of drug-likeness (QED) is 0.530. The van der Waals surface area contributed by atoms with Gasteiger partial charge in [0.25, 0.3) is 0 Å². The van der Waals surface area contributed by atoms with Gasteiger partial charge < -0.3 is 5.32 Å². The van der Waals surface area contributed by atoms with Crippen LogP contribution in [0.3, 0.4) is 0 Å². The number of nitrogens with one attached hydrogen (secondary N) is 1. The van der Waals surface area contributed by atoms with Crippen molar-refractivity contribution in [1.29, 1.82) is 0 Å². The van der Waals surface area contributed by atoms with Crippen molar-refractivity contribution in [2.75, 3.05) is 11.1 Å². The number of hydrogen-bond acceptors (Lipinski definition) is 4. The molecule has 3 aromatic rings. The van der Waals surface area contributed by atoms with Crippen molar-refractivity contribution in [2.24, 2.45) is 9.98 Å². The second-order valence-electron chi connectivity index (χ2n) is 7.06. The molecule has 0 saturated carbocycles. The summed E-state index contributed by atoms with van der Waals surface area (Å²) in [5.74, 6) is -1.87. The van der Waals surface area contributed by atoms with Crippen molar-refractivity contribution in [2.45, 2.75) is 13.3 Å². The van der Waals surface area contributed by atoms with Crippen LogP contribution < -0.4 is 5.32 Å². The topological polar surface area (TPSA) is 53.8 Å². The summed E-state index contributed by atoms with van der Waals surface area (Å²) < 4.78 is 26.8. The van der Waals surface area contributed by atoms with Crippen LogP contribution >= 0.6 is 11.8 Å². The van der Waals surface area contributed by atoms with Crippen LogP contribution in [0, 0.1) is 18.6 Å². The second kappa shape index (κ2) is 9.22. The Hall–Kier alpha value is -3.32. The van der Waals surface area contributed by atoms with E-state index in [1.54, 1.807) is 0 Å². The number of rotatable bonds is 4. The van der Waals surface area contributed by atoms with Gasteiger partial charge in [-0.25, -0.2) is 13.8 Å². The summed E-state index contributed by atoms with van der Waals surface area (Å²) in [7, 11) is 0. The van der Waals surface area contributed by atoms with Crippen molar-refractivity contribution in [3.8, 4) is 0 Å². The van der Waals surface area contributed by atoms with Crippen molar-refractivity contribution >= 4 is 45.5 Å². The monoisotopic (exact) mass is 435 g/mol. The fraction of sp³-hybridized carbons (Fsp3) is 0.125. The highest BCUT2D eigenvalue weighted by Gasteiger charge is 2.17. The van der Waals surface area contributed by atoms with Gasteiger partial charge in [-0.3, -0.25) is 9.79 Å². The number of aryl methyl sites for hydroxylation is 1. The van der Waals surface area contributed by atoms with Gasteiger partial charge in [-0.1, -0.05) is 42.0 Å². The lowest BCUT2D eigenvalue weighted by Crippen LogP contribution is -2.17. The number of aliphatic imine (C=N–C) groups is 2. The van der Waals surface area contributed by atoms with Crippen LogP contribution in [-0.4, -0.2) is 22.4 Å². The SMILES string of the molecule is Cc1ccc(C2=Nc3ccccc3N=C(SCC(=O)Nc3ccc(F)cc3F)C2)cc1. The summed E-state index contributed by atoms with van der Waals surface area (Å²) in [4.78, 5) is 21.8. The first-order valence-corrected chi connectivity index (χ1v) is 10.7. The normalized spacial score (nSPS) is 13.0. The number of para-hydroxylation sites is 2. The smallest absolute Gasteiger partial charge is 0.234 e. The molecule has 0 saturated heterocycles. The van der Waals surface area contributed by atoms with E-state index in [1.165, 1.54) is 17.8 Å². The van der Waals surface area contributed by atoms with Crippen molar-refractivity contribution in [3.63, 3.8) is 0 Å². The van der Waals surface area contributed by atoms with Gasteiger partial charge >= 0.3 is 0 Å². The Kier molecular flexibility index (Phi) is 6.23. The Balaban J connectivity index is 1.52. The van der Waals surface area contributed by atoms with Crippen LogP contribution in [0.2, 0.25) is 0 Å². The number of benzene rings is 3. The largest absolute Gasteiger partial charge is 0.323 e. The Morgan fingerprint density at radius 3 is 2.42 bits per heavy atom. The number of thioether (sulfide) groups is 1. The third-order valence-electron chi connectivity index (χ3n) is 4.66. The maximum Gasteiger partial charge on any atom is 0.234 e. The fourth-order valence-electron chi connectivity index (χ4n) is 3.08. The number of hydrogen-bond donors (Lipinski definition) is 1. The molecule has 1 aliphatic rings. The zero-order valence-corrected chi connectivity index (χ0v) is 17.5. The third-order valence-corrected chi connectivity index (χ3v) is 5.64. The first-order valence-electron chi connectivity index (χ1n) is 9.67. The molecule has 1 heterocycles. The molecule has 0 radical (unpaired) electrons. The summed E-state index contributed by atoms with van der Waals surface area (Å²) in [6.07, 6.45) is 0.473. The van der Waals surface area contributed by atoms with E-state index in [4.69, 9.17) is 9.98 Å². The van der Waals surface area contributed by atoms with Crippen molar-refractivity contribution in [3.05, 3.63) is 89.5 Å². The Labute approximate surface area is 183 Å². The van der Waals surface area contributed by atoms with E-state index in [0.717, 1.165) is 45.4 Å². The van der Waals surface area contributed by atoms with E-state index >= 15 is 0 Å². The minimum Gasteiger partial charge on any atom is -0.323 e. The molecule has 0 aliphatic carbocycles. The first kappa shape index (κ1) is 20.9. The minimum atomic E-state index is -0.812. The van der Waals surface area contributed by atoms with E-state index < -0.39 is 17.5 Å². The summed E-state index contributed by atoms with van der Waals surface area (Å²) in [6.45, 7) is 2.03. The Bertz CT molecular complexity index is 1190. The molecule has 1 N–H and O–H groups in total. The molecule has 156 valence electrons.